The topological polar surface area (TPSA) is 59.6 Å². The maximum Gasteiger partial charge on any atom is 0.407 e. The summed E-state index contributed by atoms with van der Waals surface area (Å²) in [5, 5.41) is 6.24. The molecule has 2 atom stereocenters. The Hall–Kier alpha value is -0.810. The summed E-state index contributed by atoms with van der Waals surface area (Å²) in [7, 11) is 0. The molecule has 0 bridgehead atoms. The summed E-state index contributed by atoms with van der Waals surface area (Å²) in [5.41, 5.74) is -0.448. The highest BCUT2D eigenvalue weighted by atomic mass is 16.6. The molecule has 5 heteroatoms. The van der Waals surface area contributed by atoms with Gasteiger partial charge in [-0.25, -0.2) is 4.79 Å². The number of rotatable bonds is 6. The second-order valence-corrected chi connectivity index (χ2v) is 6.03. The van der Waals surface area contributed by atoms with Gasteiger partial charge in [0.1, 0.15) is 5.60 Å². The minimum absolute atomic E-state index is 0.261. The Morgan fingerprint density at radius 2 is 2.21 bits per heavy atom. The predicted molar refractivity (Wildman–Crippen MR) is 75.3 cm³/mol. The number of carbonyl (C=O) groups is 1. The molecule has 1 amide bonds. The molecule has 0 aromatic rings. The molecule has 1 saturated heterocycles. The van der Waals surface area contributed by atoms with E-state index in [1.165, 1.54) is 0 Å². The van der Waals surface area contributed by atoms with Gasteiger partial charge in [-0.3, -0.25) is 0 Å². The van der Waals surface area contributed by atoms with Gasteiger partial charge in [-0.15, -0.1) is 0 Å². The third-order valence-electron chi connectivity index (χ3n) is 3.04. The molecule has 2 N–H and O–H groups in total. The molecule has 1 heterocycles. The summed E-state index contributed by atoms with van der Waals surface area (Å²) in [6.45, 7) is 9.99. The second kappa shape index (κ2) is 7.70. The first kappa shape index (κ1) is 16.2. The molecule has 112 valence electrons. The van der Waals surface area contributed by atoms with E-state index >= 15 is 0 Å². The third-order valence-corrected chi connectivity index (χ3v) is 3.04. The maximum absolute atomic E-state index is 11.6. The maximum atomic E-state index is 11.6. The van der Waals surface area contributed by atoms with E-state index in [4.69, 9.17) is 9.47 Å². The van der Waals surface area contributed by atoms with Gasteiger partial charge in [0.05, 0.1) is 6.10 Å². The van der Waals surface area contributed by atoms with Crippen LogP contribution in [0, 0.1) is 0 Å². The highest BCUT2D eigenvalue weighted by molar-refractivity contribution is 5.67. The molecular formula is C14H28N2O3. The molecule has 0 spiro atoms. The molecule has 1 fully saturated rings. The normalized spacial score (nSPS) is 21.2. The highest BCUT2D eigenvalue weighted by Crippen LogP contribution is 2.11. The van der Waals surface area contributed by atoms with Gasteiger partial charge in [0.2, 0.25) is 0 Å². The molecule has 19 heavy (non-hydrogen) atoms. The van der Waals surface area contributed by atoms with E-state index in [1.807, 2.05) is 20.8 Å². The largest absolute Gasteiger partial charge is 0.444 e. The van der Waals surface area contributed by atoms with Crippen LogP contribution in [0.4, 0.5) is 4.79 Å². The highest BCUT2D eigenvalue weighted by Gasteiger charge is 2.19. The Labute approximate surface area is 116 Å². The first-order chi connectivity index (χ1) is 8.90. The van der Waals surface area contributed by atoms with E-state index in [-0.39, 0.29) is 12.1 Å². The second-order valence-electron chi connectivity index (χ2n) is 6.03. The molecule has 1 rings (SSSR count). The fourth-order valence-corrected chi connectivity index (χ4v) is 1.98. The number of hydrogen-bond donors (Lipinski definition) is 2. The fourth-order valence-electron chi connectivity index (χ4n) is 1.98. The third kappa shape index (κ3) is 7.38. The summed E-state index contributed by atoms with van der Waals surface area (Å²) in [4.78, 5) is 11.6. The molecule has 5 nitrogen and oxygen atoms in total. The lowest BCUT2D eigenvalue weighted by Gasteiger charge is -2.23. The van der Waals surface area contributed by atoms with Gasteiger partial charge in [-0.05, 0) is 40.0 Å². The average molecular weight is 272 g/mol. The quantitative estimate of drug-likeness (QED) is 0.777. The van der Waals surface area contributed by atoms with E-state index in [2.05, 4.69) is 17.6 Å². The number of amides is 1. The van der Waals surface area contributed by atoms with E-state index < -0.39 is 5.60 Å². The van der Waals surface area contributed by atoms with Gasteiger partial charge in [0, 0.05) is 25.7 Å². The molecule has 2 unspecified atom stereocenters. The van der Waals surface area contributed by atoms with Crippen molar-refractivity contribution >= 4 is 6.09 Å². The zero-order valence-electron chi connectivity index (χ0n) is 12.6. The Morgan fingerprint density at radius 1 is 1.47 bits per heavy atom. The molecule has 1 aliphatic rings. The van der Waals surface area contributed by atoms with Crippen molar-refractivity contribution in [1.82, 2.24) is 10.6 Å². The van der Waals surface area contributed by atoms with Crippen molar-refractivity contribution in [3.8, 4) is 0 Å². The lowest BCUT2D eigenvalue weighted by molar-refractivity contribution is 0.0520. The standard InChI is InChI=1S/C14H28N2O3/c1-5-11(15-10-12-7-6-8-18-12)9-16-13(17)19-14(2,3)4/h11-12,15H,5-10H2,1-4H3,(H,16,17). The minimum atomic E-state index is -0.448. The van der Waals surface area contributed by atoms with Gasteiger partial charge in [-0.1, -0.05) is 6.92 Å². The van der Waals surface area contributed by atoms with Crippen LogP contribution in [0.2, 0.25) is 0 Å². The molecular weight excluding hydrogens is 244 g/mol. The monoisotopic (exact) mass is 272 g/mol. The first-order valence-electron chi connectivity index (χ1n) is 7.22. The van der Waals surface area contributed by atoms with Crippen molar-refractivity contribution in [1.29, 1.82) is 0 Å². The Morgan fingerprint density at radius 3 is 2.74 bits per heavy atom. The van der Waals surface area contributed by atoms with Crippen molar-refractivity contribution in [2.45, 2.75) is 64.7 Å². The Bertz CT molecular complexity index is 270. The fraction of sp³-hybridized carbons (Fsp3) is 0.929. The zero-order chi connectivity index (χ0) is 14.3. The van der Waals surface area contributed by atoms with E-state index in [0.717, 1.165) is 32.4 Å². The molecule has 0 saturated carbocycles. The van der Waals surface area contributed by atoms with Crippen LogP contribution in [0.1, 0.15) is 47.0 Å². The van der Waals surface area contributed by atoms with E-state index in [1.54, 1.807) is 0 Å². The first-order valence-corrected chi connectivity index (χ1v) is 7.22. The number of alkyl carbamates (subject to hydrolysis) is 1. The van der Waals surface area contributed by atoms with Gasteiger partial charge >= 0.3 is 6.09 Å². The van der Waals surface area contributed by atoms with Crippen molar-refractivity contribution in [3.63, 3.8) is 0 Å². The average Bonchev–Trinajstić information content (AvgIpc) is 2.80. The number of hydrogen-bond acceptors (Lipinski definition) is 4. The molecule has 0 aromatic heterocycles. The van der Waals surface area contributed by atoms with Crippen molar-refractivity contribution in [2.75, 3.05) is 19.7 Å². The minimum Gasteiger partial charge on any atom is -0.444 e. The van der Waals surface area contributed by atoms with Gasteiger partial charge in [-0.2, -0.15) is 0 Å². The van der Waals surface area contributed by atoms with E-state index in [9.17, 15) is 4.79 Å². The lowest BCUT2D eigenvalue weighted by atomic mass is 10.2. The summed E-state index contributed by atoms with van der Waals surface area (Å²) in [5.74, 6) is 0. The van der Waals surface area contributed by atoms with Gasteiger partial charge < -0.3 is 20.1 Å². The molecule has 0 radical (unpaired) electrons. The summed E-state index contributed by atoms with van der Waals surface area (Å²) >= 11 is 0. The van der Waals surface area contributed by atoms with Crippen LogP contribution in [0.3, 0.4) is 0 Å². The van der Waals surface area contributed by atoms with E-state index in [0.29, 0.717) is 12.6 Å². The van der Waals surface area contributed by atoms with Crippen LogP contribution in [-0.2, 0) is 9.47 Å². The number of nitrogens with one attached hydrogen (secondary N) is 2. The van der Waals surface area contributed by atoms with Crippen LogP contribution < -0.4 is 10.6 Å². The van der Waals surface area contributed by atoms with Crippen molar-refractivity contribution in [2.24, 2.45) is 0 Å². The van der Waals surface area contributed by atoms with Crippen LogP contribution in [0.5, 0.6) is 0 Å². The molecule has 0 aromatic carbocycles. The summed E-state index contributed by atoms with van der Waals surface area (Å²) in [6.07, 6.45) is 3.21. The molecule has 1 aliphatic heterocycles. The van der Waals surface area contributed by atoms with Crippen LogP contribution in [0.15, 0.2) is 0 Å². The SMILES string of the molecule is CCC(CNC(=O)OC(C)(C)C)NCC1CCCO1. The molecule has 0 aliphatic carbocycles. The van der Waals surface area contributed by atoms with Crippen LogP contribution in [-0.4, -0.2) is 43.5 Å². The summed E-state index contributed by atoms with van der Waals surface area (Å²) in [6, 6.07) is 0.261. The Balaban J connectivity index is 2.18. The number of ether oxygens (including phenoxy) is 2. The summed E-state index contributed by atoms with van der Waals surface area (Å²) < 4.78 is 10.8. The lowest BCUT2D eigenvalue weighted by Crippen LogP contribution is -2.44. The Kier molecular flexibility index (Phi) is 6.58. The number of carbonyl (C=O) groups excluding carboxylic acids is 1. The zero-order valence-corrected chi connectivity index (χ0v) is 12.6. The van der Waals surface area contributed by atoms with Crippen molar-refractivity contribution < 1.29 is 14.3 Å². The van der Waals surface area contributed by atoms with Gasteiger partial charge in [0.15, 0.2) is 0 Å². The van der Waals surface area contributed by atoms with Crippen LogP contribution >= 0.6 is 0 Å². The van der Waals surface area contributed by atoms with Crippen LogP contribution in [0.25, 0.3) is 0 Å². The smallest absolute Gasteiger partial charge is 0.407 e. The van der Waals surface area contributed by atoms with Gasteiger partial charge in [0.25, 0.3) is 0 Å². The predicted octanol–water partition coefficient (Wildman–Crippen LogP) is 2.06. The van der Waals surface area contributed by atoms with Crippen molar-refractivity contribution in [3.05, 3.63) is 0 Å².